The molecule has 5 heteroatoms. The van der Waals surface area contributed by atoms with E-state index in [9.17, 15) is 8.42 Å². The van der Waals surface area contributed by atoms with Crippen LogP contribution in [0.1, 0.15) is 18.4 Å². The zero-order chi connectivity index (χ0) is 13.0. The van der Waals surface area contributed by atoms with Crippen molar-refractivity contribution in [3.63, 3.8) is 0 Å². The fourth-order valence-corrected chi connectivity index (χ4v) is 3.54. The van der Waals surface area contributed by atoms with Crippen LogP contribution in [0.25, 0.3) is 0 Å². The van der Waals surface area contributed by atoms with Crippen LogP contribution >= 0.6 is 0 Å². The molecule has 1 fully saturated rings. The summed E-state index contributed by atoms with van der Waals surface area (Å²) in [4.78, 5) is 0.404. The molecule has 1 aromatic carbocycles. The maximum Gasteiger partial charge on any atom is 0.178 e. The normalized spacial score (nSPS) is 17.8. The van der Waals surface area contributed by atoms with E-state index in [1.54, 1.807) is 25.1 Å². The molecule has 0 saturated carbocycles. The molecular formula is C13H18O4S. The highest BCUT2D eigenvalue weighted by atomic mass is 32.2. The molecule has 0 radical (unpaired) electrons. The van der Waals surface area contributed by atoms with E-state index in [2.05, 4.69) is 0 Å². The van der Waals surface area contributed by atoms with Gasteiger partial charge in [-0.2, -0.15) is 0 Å². The quantitative estimate of drug-likeness (QED) is 0.839. The van der Waals surface area contributed by atoms with Gasteiger partial charge in [-0.3, -0.25) is 0 Å². The number of rotatable bonds is 4. The van der Waals surface area contributed by atoms with Crippen LogP contribution in [0.15, 0.2) is 29.2 Å². The highest BCUT2D eigenvalue weighted by Gasteiger charge is 2.21. The Morgan fingerprint density at radius 3 is 2.56 bits per heavy atom. The molecule has 0 atom stereocenters. The fraction of sp³-hybridized carbons (Fsp3) is 0.538. The summed E-state index contributed by atoms with van der Waals surface area (Å²) in [6, 6.07) is 7.03. The highest BCUT2D eigenvalue weighted by Crippen LogP contribution is 2.18. The van der Waals surface area contributed by atoms with Crippen LogP contribution < -0.4 is 0 Å². The average molecular weight is 270 g/mol. The Morgan fingerprint density at radius 1 is 1.22 bits per heavy atom. The zero-order valence-corrected chi connectivity index (χ0v) is 11.3. The summed E-state index contributed by atoms with van der Waals surface area (Å²) in [7, 11) is -3.25. The minimum Gasteiger partial charge on any atom is -0.353 e. The van der Waals surface area contributed by atoms with Crippen LogP contribution in [0.2, 0.25) is 0 Å². The Kier molecular flexibility index (Phi) is 4.37. The molecule has 0 aliphatic carbocycles. The number of aryl methyl sites for hydroxylation is 1. The summed E-state index contributed by atoms with van der Waals surface area (Å²) >= 11 is 0. The van der Waals surface area contributed by atoms with Crippen LogP contribution in [-0.4, -0.2) is 33.7 Å². The predicted octanol–water partition coefficient (Wildman–Crippen LogP) is 1.92. The van der Waals surface area contributed by atoms with Gasteiger partial charge in [0.25, 0.3) is 0 Å². The molecule has 0 aromatic heterocycles. The van der Waals surface area contributed by atoms with Crippen molar-refractivity contribution in [1.29, 1.82) is 0 Å². The molecule has 4 nitrogen and oxygen atoms in total. The number of benzene rings is 1. The highest BCUT2D eigenvalue weighted by molar-refractivity contribution is 7.91. The molecule has 0 unspecified atom stereocenters. The van der Waals surface area contributed by atoms with Crippen molar-refractivity contribution in [2.24, 2.45) is 0 Å². The molecule has 2 rings (SSSR count). The first kappa shape index (κ1) is 13.5. The van der Waals surface area contributed by atoms with E-state index in [1.165, 1.54) is 0 Å². The van der Waals surface area contributed by atoms with Gasteiger partial charge in [0, 0.05) is 6.42 Å². The maximum absolute atomic E-state index is 12.2. The SMILES string of the molecule is Cc1ccccc1S(=O)(=O)CCC1OCCCO1. The van der Waals surface area contributed by atoms with Crippen LogP contribution in [0.5, 0.6) is 0 Å². The Labute approximate surface area is 108 Å². The zero-order valence-electron chi connectivity index (χ0n) is 10.5. The summed E-state index contributed by atoms with van der Waals surface area (Å²) in [6.45, 7) is 3.10. The van der Waals surface area contributed by atoms with Crippen LogP contribution in [0.3, 0.4) is 0 Å². The smallest absolute Gasteiger partial charge is 0.178 e. The van der Waals surface area contributed by atoms with Crippen molar-refractivity contribution in [3.05, 3.63) is 29.8 Å². The first-order valence-electron chi connectivity index (χ1n) is 6.11. The molecule has 1 aromatic rings. The Balaban J connectivity index is 2.01. The lowest BCUT2D eigenvalue weighted by molar-refractivity contribution is -0.178. The molecule has 1 aliphatic heterocycles. The van der Waals surface area contributed by atoms with E-state index >= 15 is 0 Å². The lowest BCUT2D eigenvalue weighted by Crippen LogP contribution is -2.27. The summed E-state index contributed by atoms with van der Waals surface area (Å²) < 4.78 is 35.1. The molecule has 1 saturated heterocycles. The third-order valence-electron chi connectivity index (χ3n) is 2.95. The van der Waals surface area contributed by atoms with E-state index in [4.69, 9.17) is 9.47 Å². The number of ether oxygens (including phenoxy) is 2. The van der Waals surface area contributed by atoms with Gasteiger partial charge in [0.15, 0.2) is 16.1 Å². The Morgan fingerprint density at radius 2 is 1.89 bits per heavy atom. The van der Waals surface area contributed by atoms with Gasteiger partial charge in [-0.1, -0.05) is 18.2 Å². The van der Waals surface area contributed by atoms with Gasteiger partial charge >= 0.3 is 0 Å². The van der Waals surface area contributed by atoms with Gasteiger partial charge < -0.3 is 9.47 Å². The second-order valence-corrected chi connectivity index (χ2v) is 6.48. The molecule has 18 heavy (non-hydrogen) atoms. The summed E-state index contributed by atoms with van der Waals surface area (Å²) in [5.74, 6) is 0.0581. The second kappa shape index (κ2) is 5.82. The largest absolute Gasteiger partial charge is 0.353 e. The van der Waals surface area contributed by atoms with Gasteiger partial charge in [0.05, 0.1) is 23.9 Å². The standard InChI is InChI=1S/C13H18O4S/c1-11-5-2-3-6-12(11)18(14,15)10-7-13-16-8-4-9-17-13/h2-3,5-6,13H,4,7-10H2,1H3. The van der Waals surface area contributed by atoms with Gasteiger partial charge in [0.1, 0.15) is 0 Å². The third kappa shape index (κ3) is 3.31. The molecule has 0 N–H and O–H groups in total. The van der Waals surface area contributed by atoms with Crippen molar-refractivity contribution < 1.29 is 17.9 Å². The van der Waals surface area contributed by atoms with Gasteiger partial charge in [-0.05, 0) is 25.0 Å². The topological polar surface area (TPSA) is 52.6 Å². The van der Waals surface area contributed by atoms with Crippen molar-refractivity contribution in [2.75, 3.05) is 19.0 Å². The van der Waals surface area contributed by atoms with Gasteiger partial charge in [-0.25, -0.2) is 8.42 Å². The van der Waals surface area contributed by atoms with Gasteiger partial charge in [0.2, 0.25) is 0 Å². The third-order valence-corrected chi connectivity index (χ3v) is 4.85. The summed E-state index contributed by atoms with van der Waals surface area (Å²) in [6.07, 6.45) is 0.884. The first-order valence-corrected chi connectivity index (χ1v) is 7.76. The average Bonchev–Trinajstić information content (AvgIpc) is 2.38. The van der Waals surface area contributed by atoms with Crippen molar-refractivity contribution in [3.8, 4) is 0 Å². The Hall–Kier alpha value is -0.910. The first-order chi connectivity index (χ1) is 8.59. The van der Waals surface area contributed by atoms with Gasteiger partial charge in [-0.15, -0.1) is 0 Å². The molecule has 0 spiro atoms. The van der Waals surface area contributed by atoms with E-state index in [-0.39, 0.29) is 12.0 Å². The number of sulfone groups is 1. The molecule has 1 aliphatic rings. The van der Waals surface area contributed by atoms with Crippen LogP contribution in [-0.2, 0) is 19.3 Å². The summed E-state index contributed by atoms with van der Waals surface area (Å²) in [5, 5.41) is 0. The molecule has 0 amide bonds. The van der Waals surface area contributed by atoms with Crippen LogP contribution in [0, 0.1) is 6.92 Å². The predicted molar refractivity (Wildman–Crippen MR) is 68.2 cm³/mol. The number of hydrogen-bond donors (Lipinski definition) is 0. The minimum atomic E-state index is -3.25. The molecule has 100 valence electrons. The summed E-state index contributed by atoms with van der Waals surface area (Å²) in [5.41, 5.74) is 0.781. The van der Waals surface area contributed by atoms with Crippen molar-refractivity contribution >= 4 is 9.84 Å². The molecule has 0 bridgehead atoms. The Bertz CT molecular complexity index is 489. The van der Waals surface area contributed by atoms with Crippen LogP contribution in [0.4, 0.5) is 0 Å². The lowest BCUT2D eigenvalue weighted by Gasteiger charge is -2.23. The van der Waals surface area contributed by atoms with E-state index in [0.717, 1.165) is 12.0 Å². The van der Waals surface area contributed by atoms with Crippen molar-refractivity contribution in [2.45, 2.75) is 31.0 Å². The maximum atomic E-state index is 12.2. The number of hydrogen-bond acceptors (Lipinski definition) is 4. The monoisotopic (exact) mass is 270 g/mol. The molecule has 1 heterocycles. The second-order valence-electron chi connectivity index (χ2n) is 4.40. The van der Waals surface area contributed by atoms with E-state index in [1.807, 2.05) is 6.07 Å². The lowest BCUT2D eigenvalue weighted by atomic mass is 10.2. The molecular weight excluding hydrogens is 252 g/mol. The van der Waals surface area contributed by atoms with E-state index < -0.39 is 9.84 Å². The minimum absolute atomic E-state index is 0.0581. The van der Waals surface area contributed by atoms with Crippen molar-refractivity contribution in [1.82, 2.24) is 0 Å². The van der Waals surface area contributed by atoms with E-state index in [0.29, 0.717) is 24.5 Å². The fourth-order valence-electron chi connectivity index (χ4n) is 1.97.